The fourth-order valence-electron chi connectivity index (χ4n) is 1.79. The molecule has 0 saturated carbocycles. The Kier molecular flexibility index (Phi) is 5.09. The summed E-state index contributed by atoms with van der Waals surface area (Å²) >= 11 is 0. The topological polar surface area (TPSA) is 101 Å². The van der Waals surface area contributed by atoms with Crippen LogP contribution >= 0.6 is 0 Å². The van der Waals surface area contributed by atoms with Gasteiger partial charge in [-0.2, -0.15) is 8.42 Å². The Balaban J connectivity index is 2.03. The number of aliphatic hydroxyl groups is 1. The normalized spacial score (nSPS) is 12.7. The number of rotatable bonds is 6. The van der Waals surface area contributed by atoms with E-state index in [-0.39, 0.29) is 18.0 Å². The van der Waals surface area contributed by atoms with E-state index < -0.39 is 21.3 Å². The van der Waals surface area contributed by atoms with Crippen molar-refractivity contribution in [2.24, 2.45) is 0 Å². The van der Waals surface area contributed by atoms with Crippen LogP contribution in [-0.2, 0) is 16.7 Å². The molecule has 23 heavy (non-hydrogen) atoms. The Bertz CT molecular complexity index is 801. The van der Waals surface area contributed by atoms with Crippen LogP contribution in [-0.4, -0.2) is 29.3 Å². The molecule has 0 saturated heterocycles. The zero-order valence-electron chi connectivity index (χ0n) is 11.7. The number of carbonyl (C=O) groups is 1. The Morgan fingerprint density at radius 3 is 2.39 bits per heavy atom. The van der Waals surface area contributed by atoms with Crippen molar-refractivity contribution in [3.63, 3.8) is 0 Å². The number of aliphatic hydroxyl groups excluding tert-OH is 1. The van der Waals surface area contributed by atoms with Crippen LogP contribution in [0.25, 0.3) is 0 Å². The van der Waals surface area contributed by atoms with E-state index in [1.807, 2.05) is 0 Å². The average molecular weight is 340 g/mol. The number of benzene rings is 2. The van der Waals surface area contributed by atoms with Gasteiger partial charge in [0.15, 0.2) is 0 Å². The Morgan fingerprint density at radius 2 is 1.83 bits per heavy atom. The van der Waals surface area contributed by atoms with Crippen LogP contribution in [0.3, 0.4) is 0 Å². The average Bonchev–Trinajstić information content (AvgIpc) is 2.51. The van der Waals surface area contributed by atoms with Gasteiger partial charge in [-0.05, 0) is 42.0 Å². The van der Waals surface area contributed by atoms with Crippen LogP contribution < -0.4 is 4.74 Å². The highest BCUT2D eigenvalue weighted by Gasteiger charge is 2.29. The molecular weight excluding hydrogens is 327 g/mol. The third kappa shape index (κ3) is 4.59. The van der Waals surface area contributed by atoms with E-state index in [9.17, 15) is 22.7 Å². The highest BCUT2D eigenvalue weighted by Crippen LogP contribution is 2.16. The molecule has 2 N–H and O–H groups in total. The number of ether oxygens (including phenoxy) is 1. The van der Waals surface area contributed by atoms with Gasteiger partial charge in [-0.25, -0.2) is 4.39 Å². The highest BCUT2D eigenvalue weighted by atomic mass is 32.2. The zero-order valence-corrected chi connectivity index (χ0v) is 12.5. The van der Waals surface area contributed by atoms with Crippen LogP contribution in [0.15, 0.2) is 48.5 Å². The van der Waals surface area contributed by atoms with E-state index >= 15 is 0 Å². The Morgan fingerprint density at radius 1 is 1.17 bits per heavy atom. The molecule has 0 aliphatic heterocycles. The quantitative estimate of drug-likeness (QED) is 0.614. The summed E-state index contributed by atoms with van der Waals surface area (Å²) in [4.78, 5) is 11.6. The van der Waals surface area contributed by atoms with Gasteiger partial charge in [0.25, 0.3) is 10.1 Å². The molecule has 0 aliphatic carbocycles. The number of hydrogen-bond acceptors (Lipinski definition) is 5. The summed E-state index contributed by atoms with van der Waals surface area (Å²) in [6.07, 6.45) is 0. The number of hydrogen-bond donors (Lipinski definition) is 2. The first-order valence-corrected chi connectivity index (χ1v) is 7.93. The predicted molar refractivity (Wildman–Crippen MR) is 79.1 cm³/mol. The van der Waals surface area contributed by atoms with Crippen molar-refractivity contribution >= 4 is 15.9 Å². The minimum Gasteiger partial charge on any atom is -0.489 e. The summed E-state index contributed by atoms with van der Waals surface area (Å²) < 4.78 is 48.5. The largest absolute Gasteiger partial charge is 0.489 e. The van der Waals surface area contributed by atoms with Crippen LogP contribution in [0, 0.1) is 5.82 Å². The minimum atomic E-state index is -4.87. The maximum absolute atomic E-state index is 13.0. The lowest BCUT2D eigenvalue weighted by Gasteiger charge is -2.09. The van der Waals surface area contributed by atoms with E-state index in [0.29, 0.717) is 11.3 Å². The summed E-state index contributed by atoms with van der Waals surface area (Å²) in [5.41, 5.74) is -2.01. The molecule has 0 fully saturated rings. The minimum absolute atomic E-state index is 0.103. The van der Waals surface area contributed by atoms with Crippen molar-refractivity contribution in [2.45, 2.75) is 12.0 Å². The Hall–Kier alpha value is -2.29. The molecule has 0 bridgehead atoms. The van der Waals surface area contributed by atoms with Crippen molar-refractivity contribution in [2.75, 3.05) is 0 Å². The van der Waals surface area contributed by atoms with Gasteiger partial charge in [-0.3, -0.25) is 9.35 Å². The molecular formula is C15H13FO6S. The first kappa shape index (κ1) is 17.1. The van der Waals surface area contributed by atoms with Gasteiger partial charge < -0.3 is 9.84 Å². The molecule has 8 heteroatoms. The lowest BCUT2D eigenvalue weighted by Crippen LogP contribution is -2.29. The second-order valence-corrected chi connectivity index (χ2v) is 6.15. The number of halogens is 1. The SMILES string of the molecule is O=C(c1ccc(OCc2cccc(F)c2)cc1)C(O)S(=O)(=O)O. The molecule has 1 unspecified atom stereocenters. The Labute approximate surface area is 131 Å². The van der Waals surface area contributed by atoms with Gasteiger partial charge in [0.2, 0.25) is 11.2 Å². The summed E-state index contributed by atoms with van der Waals surface area (Å²) in [6.45, 7) is 0.110. The molecule has 122 valence electrons. The molecule has 1 atom stereocenters. The molecule has 6 nitrogen and oxygen atoms in total. The third-order valence-corrected chi connectivity index (χ3v) is 3.72. The molecule has 0 aromatic heterocycles. The molecule has 0 spiro atoms. The fourth-order valence-corrected chi connectivity index (χ4v) is 2.19. The summed E-state index contributed by atoms with van der Waals surface area (Å²) in [6, 6.07) is 11.1. The van der Waals surface area contributed by atoms with E-state index in [1.54, 1.807) is 12.1 Å². The number of Topliss-reactive ketones (excluding diaryl/α,β-unsaturated/α-hetero) is 1. The van der Waals surface area contributed by atoms with Gasteiger partial charge in [-0.15, -0.1) is 0 Å². The van der Waals surface area contributed by atoms with Crippen LogP contribution in [0.4, 0.5) is 4.39 Å². The molecule has 2 aromatic carbocycles. The van der Waals surface area contributed by atoms with Gasteiger partial charge >= 0.3 is 0 Å². The zero-order chi connectivity index (χ0) is 17.0. The fraction of sp³-hybridized carbons (Fsp3) is 0.133. The van der Waals surface area contributed by atoms with Gasteiger partial charge in [-0.1, -0.05) is 12.1 Å². The van der Waals surface area contributed by atoms with Gasteiger partial charge in [0, 0.05) is 5.56 Å². The summed E-state index contributed by atoms with van der Waals surface area (Å²) in [7, 11) is -4.87. The van der Waals surface area contributed by atoms with Gasteiger partial charge in [0.1, 0.15) is 18.2 Å². The van der Waals surface area contributed by atoms with E-state index in [4.69, 9.17) is 9.29 Å². The molecule has 0 aliphatic rings. The van der Waals surface area contributed by atoms with E-state index in [0.717, 1.165) is 0 Å². The summed E-state index contributed by atoms with van der Waals surface area (Å²) in [5, 5.41) is 9.20. The van der Waals surface area contributed by atoms with Crippen LogP contribution in [0.1, 0.15) is 15.9 Å². The molecule has 0 heterocycles. The van der Waals surface area contributed by atoms with Crippen molar-refractivity contribution in [1.82, 2.24) is 0 Å². The lowest BCUT2D eigenvalue weighted by atomic mass is 10.1. The molecule has 2 rings (SSSR count). The van der Waals surface area contributed by atoms with E-state index in [2.05, 4.69) is 0 Å². The standard InChI is InChI=1S/C15H13FO6S/c16-12-3-1-2-10(8-12)9-22-13-6-4-11(5-7-13)14(17)15(18)23(19,20)21/h1-8,15,18H,9H2,(H,19,20,21). The van der Waals surface area contributed by atoms with Crippen molar-refractivity contribution in [1.29, 1.82) is 0 Å². The monoisotopic (exact) mass is 340 g/mol. The first-order valence-electron chi connectivity index (χ1n) is 6.43. The number of ketones is 1. The van der Waals surface area contributed by atoms with Crippen LogP contribution in [0.5, 0.6) is 5.75 Å². The lowest BCUT2D eigenvalue weighted by molar-refractivity contribution is 0.0848. The summed E-state index contributed by atoms with van der Waals surface area (Å²) in [5.74, 6) is -1.16. The molecule has 0 amide bonds. The highest BCUT2D eigenvalue weighted by molar-refractivity contribution is 7.87. The molecule has 2 aromatic rings. The maximum Gasteiger partial charge on any atom is 0.299 e. The molecule has 0 radical (unpaired) electrons. The first-order chi connectivity index (χ1) is 10.8. The van der Waals surface area contributed by atoms with Crippen LogP contribution in [0.2, 0.25) is 0 Å². The second-order valence-electron chi connectivity index (χ2n) is 4.67. The number of carbonyl (C=O) groups excluding carboxylic acids is 1. The maximum atomic E-state index is 13.0. The second kappa shape index (κ2) is 6.86. The predicted octanol–water partition coefficient (Wildman–Crippen LogP) is 1.79. The van der Waals surface area contributed by atoms with Crippen molar-refractivity contribution < 1.29 is 32.0 Å². The van der Waals surface area contributed by atoms with Crippen molar-refractivity contribution in [3.05, 3.63) is 65.5 Å². The smallest absolute Gasteiger partial charge is 0.299 e. The van der Waals surface area contributed by atoms with E-state index in [1.165, 1.54) is 36.4 Å². The van der Waals surface area contributed by atoms with Gasteiger partial charge in [0.05, 0.1) is 0 Å². The third-order valence-electron chi connectivity index (χ3n) is 2.94. The van der Waals surface area contributed by atoms with Crippen molar-refractivity contribution in [3.8, 4) is 5.75 Å².